The minimum absolute atomic E-state index is 0.130. The van der Waals surface area contributed by atoms with Gasteiger partial charge >= 0.3 is 0 Å². The van der Waals surface area contributed by atoms with Crippen molar-refractivity contribution in [2.45, 2.75) is 62.7 Å². The number of unbranched alkanes of at least 4 members (excludes halogenated alkanes) is 2. The van der Waals surface area contributed by atoms with Gasteiger partial charge in [-0.2, -0.15) is 0 Å². The van der Waals surface area contributed by atoms with Gasteiger partial charge in [-0.05, 0) is 75.4 Å². The molecular formula is C28H41N3O3S. The highest BCUT2D eigenvalue weighted by atomic mass is 32.2. The smallest absolute Gasteiger partial charge is 0.240 e. The van der Waals surface area contributed by atoms with Gasteiger partial charge in [0.05, 0.1) is 4.90 Å². The van der Waals surface area contributed by atoms with Gasteiger partial charge in [-0.3, -0.25) is 4.79 Å². The Labute approximate surface area is 211 Å². The van der Waals surface area contributed by atoms with E-state index in [0.717, 1.165) is 71.1 Å². The summed E-state index contributed by atoms with van der Waals surface area (Å²) in [6.07, 6.45) is 6.91. The maximum atomic E-state index is 12.6. The van der Waals surface area contributed by atoms with Crippen molar-refractivity contribution < 1.29 is 13.2 Å². The molecule has 0 aromatic heterocycles. The molecule has 2 aromatic carbocycles. The van der Waals surface area contributed by atoms with E-state index in [0.29, 0.717) is 11.4 Å². The van der Waals surface area contributed by atoms with E-state index in [1.165, 1.54) is 5.56 Å². The Morgan fingerprint density at radius 3 is 2.26 bits per heavy atom. The molecule has 1 unspecified atom stereocenters. The van der Waals surface area contributed by atoms with E-state index in [9.17, 15) is 13.2 Å². The van der Waals surface area contributed by atoms with Crippen LogP contribution in [0.5, 0.6) is 0 Å². The largest absolute Gasteiger partial charge is 0.356 e. The maximum absolute atomic E-state index is 12.6. The lowest BCUT2D eigenvalue weighted by Gasteiger charge is -2.32. The van der Waals surface area contributed by atoms with Crippen LogP contribution in [0.3, 0.4) is 0 Å². The van der Waals surface area contributed by atoms with Crippen LogP contribution in [0.1, 0.15) is 63.4 Å². The first-order valence-corrected chi connectivity index (χ1v) is 14.6. The number of amides is 1. The number of carbonyl (C=O) groups excluding carboxylic acids is 1. The fourth-order valence-electron chi connectivity index (χ4n) is 4.74. The second-order valence-electron chi connectivity index (χ2n) is 9.51. The van der Waals surface area contributed by atoms with Crippen molar-refractivity contribution in [1.82, 2.24) is 14.9 Å². The molecule has 1 aliphatic heterocycles. The van der Waals surface area contributed by atoms with E-state index in [2.05, 4.69) is 34.0 Å². The second kappa shape index (κ2) is 14.4. The zero-order chi connectivity index (χ0) is 24.9. The normalized spacial score (nSPS) is 16.1. The van der Waals surface area contributed by atoms with Gasteiger partial charge in [0.25, 0.3) is 0 Å². The molecule has 6 nitrogen and oxygen atoms in total. The highest BCUT2D eigenvalue weighted by Crippen LogP contribution is 2.25. The summed E-state index contributed by atoms with van der Waals surface area (Å²) >= 11 is 0. The van der Waals surface area contributed by atoms with E-state index < -0.39 is 10.0 Å². The molecule has 1 saturated heterocycles. The Bertz CT molecular complexity index is 975. The van der Waals surface area contributed by atoms with Crippen LogP contribution >= 0.6 is 0 Å². The Kier molecular flexibility index (Phi) is 11.2. The average Bonchev–Trinajstić information content (AvgIpc) is 2.90. The minimum atomic E-state index is -3.50. The van der Waals surface area contributed by atoms with Gasteiger partial charge in [0.15, 0.2) is 0 Å². The van der Waals surface area contributed by atoms with Crippen LogP contribution in [-0.2, 0) is 14.8 Å². The Balaban J connectivity index is 1.47. The number of nitrogens with one attached hydrogen (secondary N) is 2. The molecule has 1 atom stereocenters. The first-order valence-electron chi connectivity index (χ1n) is 13.1. The highest BCUT2D eigenvalue weighted by molar-refractivity contribution is 7.89. The third-order valence-electron chi connectivity index (χ3n) is 6.94. The van der Waals surface area contributed by atoms with Crippen LogP contribution < -0.4 is 10.0 Å². The van der Waals surface area contributed by atoms with Crippen molar-refractivity contribution in [3.63, 3.8) is 0 Å². The number of rotatable bonds is 14. The lowest BCUT2D eigenvalue weighted by atomic mass is 9.91. The van der Waals surface area contributed by atoms with E-state index >= 15 is 0 Å². The summed E-state index contributed by atoms with van der Waals surface area (Å²) in [5.41, 5.74) is 1.24. The molecule has 1 aliphatic rings. The molecule has 2 N–H and O–H groups in total. The van der Waals surface area contributed by atoms with Gasteiger partial charge < -0.3 is 10.2 Å². The first-order chi connectivity index (χ1) is 17.0. The van der Waals surface area contributed by atoms with E-state index in [1.54, 1.807) is 24.3 Å². The number of hydrogen-bond donors (Lipinski definition) is 2. The summed E-state index contributed by atoms with van der Waals surface area (Å²) in [7, 11) is -3.50. The topological polar surface area (TPSA) is 78.5 Å². The number of carbonyl (C=O) groups is 1. The predicted molar refractivity (Wildman–Crippen MR) is 142 cm³/mol. The van der Waals surface area contributed by atoms with E-state index in [-0.39, 0.29) is 17.7 Å². The molecule has 2 aromatic rings. The van der Waals surface area contributed by atoms with Gasteiger partial charge in [-0.15, -0.1) is 0 Å². The molecule has 0 aliphatic carbocycles. The van der Waals surface area contributed by atoms with Gasteiger partial charge in [-0.25, -0.2) is 13.1 Å². The fourth-order valence-corrected chi connectivity index (χ4v) is 5.81. The van der Waals surface area contributed by atoms with Crippen LogP contribution in [0.25, 0.3) is 0 Å². The Hall–Kier alpha value is -2.22. The van der Waals surface area contributed by atoms with Crippen molar-refractivity contribution in [3.05, 3.63) is 66.2 Å². The molecule has 1 fully saturated rings. The summed E-state index contributed by atoms with van der Waals surface area (Å²) in [6.45, 7) is 6.19. The number of likely N-dealkylation sites (tertiary alicyclic amines) is 1. The molecule has 1 heterocycles. The number of piperidine rings is 1. The quantitative estimate of drug-likeness (QED) is 0.374. The monoisotopic (exact) mass is 499 g/mol. The molecule has 3 rings (SSSR count). The zero-order valence-electron chi connectivity index (χ0n) is 21.0. The van der Waals surface area contributed by atoms with Crippen LogP contribution in [0.2, 0.25) is 0 Å². The maximum Gasteiger partial charge on any atom is 0.240 e. The average molecular weight is 500 g/mol. The Morgan fingerprint density at radius 2 is 1.60 bits per heavy atom. The lowest BCUT2D eigenvalue weighted by Crippen LogP contribution is -2.41. The van der Waals surface area contributed by atoms with Crippen molar-refractivity contribution in [2.75, 3.05) is 32.7 Å². The third-order valence-corrected chi connectivity index (χ3v) is 8.42. The molecule has 0 bridgehead atoms. The van der Waals surface area contributed by atoms with E-state index in [1.807, 2.05) is 24.3 Å². The number of hydrogen-bond acceptors (Lipinski definition) is 4. The summed E-state index contributed by atoms with van der Waals surface area (Å²) in [4.78, 5) is 15.2. The first kappa shape index (κ1) is 27.4. The van der Waals surface area contributed by atoms with Crippen LogP contribution in [0, 0.1) is 5.92 Å². The SMILES string of the molecule is CCCCCNC(=O)C1CCN(CCC(CCNS(=O)(=O)c2ccccc2)c2ccccc2)CC1. The molecule has 0 spiro atoms. The molecule has 35 heavy (non-hydrogen) atoms. The van der Waals surface area contributed by atoms with Crippen LogP contribution in [0.15, 0.2) is 65.6 Å². The van der Waals surface area contributed by atoms with Crippen molar-refractivity contribution in [2.24, 2.45) is 5.92 Å². The van der Waals surface area contributed by atoms with Crippen molar-refractivity contribution in [3.8, 4) is 0 Å². The standard InChI is InChI=1S/C28H41N3O3S/c1-2-3-10-19-29-28(32)26-17-22-31(23-18-26)21-16-25(24-11-6-4-7-12-24)15-20-30-35(33,34)27-13-8-5-9-14-27/h4-9,11-14,25-26,30H,2-3,10,15-23H2,1H3,(H,29,32). The zero-order valence-corrected chi connectivity index (χ0v) is 21.8. The van der Waals surface area contributed by atoms with Gasteiger partial charge in [-0.1, -0.05) is 68.3 Å². The molecule has 192 valence electrons. The van der Waals surface area contributed by atoms with Crippen LogP contribution in [0.4, 0.5) is 0 Å². The van der Waals surface area contributed by atoms with Gasteiger partial charge in [0, 0.05) is 19.0 Å². The highest BCUT2D eigenvalue weighted by Gasteiger charge is 2.25. The van der Waals surface area contributed by atoms with Gasteiger partial charge in [0.1, 0.15) is 0 Å². The van der Waals surface area contributed by atoms with Crippen LogP contribution in [-0.4, -0.2) is 51.9 Å². The molecule has 0 radical (unpaired) electrons. The van der Waals surface area contributed by atoms with Crippen molar-refractivity contribution >= 4 is 15.9 Å². The predicted octanol–water partition coefficient (Wildman–Crippen LogP) is 4.55. The molecule has 7 heteroatoms. The lowest BCUT2D eigenvalue weighted by molar-refractivity contribution is -0.126. The number of benzene rings is 2. The second-order valence-corrected chi connectivity index (χ2v) is 11.3. The Morgan fingerprint density at radius 1 is 0.943 bits per heavy atom. The minimum Gasteiger partial charge on any atom is -0.356 e. The summed E-state index contributed by atoms with van der Waals surface area (Å²) in [6, 6.07) is 18.9. The third kappa shape index (κ3) is 9.06. The molecule has 0 saturated carbocycles. The van der Waals surface area contributed by atoms with E-state index in [4.69, 9.17) is 0 Å². The number of nitrogens with zero attached hydrogens (tertiary/aromatic N) is 1. The summed E-state index contributed by atoms with van der Waals surface area (Å²) in [5.74, 6) is 0.619. The van der Waals surface area contributed by atoms with Crippen molar-refractivity contribution in [1.29, 1.82) is 0 Å². The fraction of sp³-hybridized carbons (Fsp3) is 0.536. The molecular weight excluding hydrogens is 458 g/mol. The summed E-state index contributed by atoms with van der Waals surface area (Å²) < 4.78 is 27.9. The molecule has 1 amide bonds. The number of sulfonamides is 1. The summed E-state index contributed by atoms with van der Waals surface area (Å²) in [5, 5.41) is 3.11. The van der Waals surface area contributed by atoms with Gasteiger partial charge in [0.2, 0.25) is 15.9 Å².